The van der Waals surface area contributed by atoms with Gasteiger partial charge < -0.3 is 29.2 Å². The van der Waals surface area contributed by atoms with Crippen molar-refractivity contribution >= 4 is 28.2 Å². The van der Waals surface area contributed by atoms with E-state index in [0.717, 1.165) is 60.6 Å². The monoisotopic (exact) mass is 575 g/mol. The molecule has 10 heteroatoms. The van der Waals surface area contributed by atoms with Crippen LogP contribution in [0.2, 0.25) is 0 Å². The van der Waals surface area contributed by atoms with Crippen molar-refractivity contribution in [1.82, 2.24) is 14.5 Å². The lowest BCUT2D eigenvalue weighted by molar-refractivity contribution is -0.111. The smallest absolute Gasteiger partial charge is 0.247 e. The molecule has 0 radical (unpaired) electrons. The number of piperazine rings is 1. The fraction of sp³-hybridized carbons (Fsp3) is 0.312. The first-order chi connectivity index (χ1) is 20.3. The summed E-state index contributed by atoms with van der Waals surface area (Å²) in [4.78, 5) is 21.7. The Kier molecular flexibility index (Phi) is 8.72. The predicted molar refractivity (Wildman–Crippen MR) is 161 cm³/mol. The summed E-state index contributed by atoms with van der Waals surface area (Å²) in [6.07, 6.45) is 5.20. The molecule has 2 aromatic heterocycles. The highest BCUT2D eigenvalue weighted by Crippen LogP contribution is 2.33. The maximum atomic E-state index is 15.0. The number of fused-ring (bicyclic) bond motifs is 1. The van der Waals surface area contributed by atoms with Gasteiger partial charge in [-0.05, 0) is 42.4 Å². The second-order valence-corrected chi connectivity index (χ2v) is 10.2. The summed E-state index contributed by atoms with van der Waals surface area (Å²) < 4.78 is 41.9. The number of likely N-dealkylation sites (N-methyl/N-ethyl adjacent to an activating group) is 1. The number of carbonyl (C=O) groups excluding carboxylic acids is 1. The third-order valence-electron chi connectivity index (χ3n) is 7.80. The first-order valence-electron chi connectivity index (χ1n) is 13.9. The van der Waals surface area contributed by atoms with Crippen LogP contribution in [0.4, 0.5) is 20.2 Å². The van der Waals surface area contributed by atoms with Crippen LogP contribution in [0.3, 0.4) is 0 Å². The van der Waals surface area contributed by atoms with Crippen LogP contribution in [0.25, 0.3) is 10.9 Å². The number of anilines is 2. The second-order valence-electron chi connectivity index (χ2n) is 10.2. The summed E-state index contributed by atoms with van der Waals surface area (Å²) >= 11 is 0. The highest BCUT2D eigenvalue weighted by Gasteiger charge is 2.21. The summed E-state index contributed by atoms with van der Waals surface area (Å²) in [6.45, 7) is 10.6. The van der Waals surface area contributed by atoms with E-state index in [1.165, 1.54) is 26.4 Å². The van der Waals surface area contributed by atoms with Crippen LogP contribution in [0, 0.1) is 11.6 Å². The molecule has 8 nitrogen and oxygen atoms in total. The zero-order chi connectivity index (χ0) is 29.8. The number of methoxy groups -OCH3 is 2. The van der Waals surface area contributed by atoms with Crippen LogP contribution in [0.1, 0.15) is 23.7 Å². The summed E-state index contributed by atoms with van der Waals surface area (Å²) in [7, 11) is 2.65. The molecule has 5 rings (SSSR count). The molecular formula is C32H35F2N5O3. The Balaban J connectivity index is 1.40. The van der Waals surface area contributed by atoms with Crippen molar-refractivity contribution in [3.05, 3.63) is 89.9 Å². The largest absolute Gasteiger partial charge is 0.494 e. The normalized spacial score (nSPS) is 13.8. The molecule has 0 spiro atoms. The molecule has 0 saturated carbocycles. The lowest BCUT2D eigenvalue weighted by atomic mass is 10.0. The van der Waals surface area contributed by atoms with Gasteiger partial charge in [0.1, 0.15) is 0 Å². The van der Waals surface area contributed by atoms with E-state index < -0.39 is 11.6 Å². The van der Waals surface area contributed by atoms with Gasteiger partial charge in [0.05, 0.1) is 38.0 Å². The van der Waals surface area contributed by atoms with Crippen molar-refractivity contribution in [2.75, 3.05) is 57.2 Å². The number of amides is 1. The standard InChI is InChI=1S/C32H35F2N5O3/c1-5-30(40)36-26-17-24(38-13-11-37(6-2)12-14-38)8-7-21(26)15-23-16-22-9-10-39(27(22)19-35-23)20-25-31(33)28(41-3)18-29(42-4)32(25)34/h5,7-10,16-19H,1,6,11-15,20H2,2-4H3,(H,36,40). The number of nitrogens with zero attached hydrogens (tertiary/aromatic N) is 4. The van der Waals surface area contributed by atoms with Crippen molar-refractivity contribution in [2.45, 2.75) is 19.9 Å². The third-order valence-corrected chi connectivity index (χ3v) is 7.80. The highest BCUT2D eigenvalue weighted by atomic mass is 19.1. The van der Waals surface area contributed by atoms with E-state index in [2.05, 4.69) is 39.7 Å². The minimum atomic E-state index is -0.771. The Bertz CT molecular complexity index is 1580. The van der Waals surface area contributed by atoms with E-state index in [1.54, 1.807) is 17.0 Å². The molecule has 0 aliphatic carbocycles. The summed E-state index contributed by atoms with van der Waals surface area (Å²) in [6, 6.07) is 11.1. The Morgan fingerprint density at radius 2 is 1.76 bits per heavy atom. The van der Waals surface area contributed by atoms with Gasteiger partial charge in [0, 0.05) is 67.3 Å². The zero-order valence-electron chi connectivity index (χ0n) is 24.1. The molecular weight excluding hydrogens is 540 g/mol. The van der Waals surface area contributed by atoms with E-state index in [0.29, 0.717) is 12.1 Å². The number of hydrogen-bond donors (Lipinski definition) is 1. The molecule has 1 aliphatic heterocycles. The van der Waals surface area contributed by atoms with Crippen LogP contribution in [-0.4, -0.2) is 67.3 Å². The van der Waals surface area contributed by atoms with Crippen molar-refractivity contribution < 1.29 is 23.0 Å². The van der Waals surface area contributed by atoms with Crippen molar-refractivity contribution in [1.29, 1.82) is 0 Å². The quantitative estimate of drug-likeness (QED) is 0.261. The second kappa shape index (κ2) is 12.6. The first kappa shape index (κ1) is 29.1. The third kappa shape index (κ3) is 5.94. The Morgan fingerprint density at radius 3 is 2.40 bits per heavy atom. The number of rotatable bonds is 10. The summed E-state index contributed by atoms with van der Waals surface area (Å²) in [5.74, 6) is -2.00. The number of hydrogen-bond acceptors (Lipinski definition) is 6. The van der Waals surface area contributed by atoms with Crippen molar-refractivity contribution in [2.24, 2.45) is 0 Å². The molecule has 1 saturated heterocycles. The molecule has 1 fully saturated rings. The molecule has 42 heavy (non-hydrogen) atoms. The highest BCUT2D eigenvalue weighted by molar-refractivity contribution is 5.99. The van der Waals surface area contributed by atoms with Crippen LogP contribution in [0.5, 0.6) is 11.5 Å². The lowest BCUT2D eigenvalue weighted by Crippen LogP contribution is -2.46. The SMILES string of the molecule is C=CC(=O)Nc1cc(N2CCN(CC)CC2)ccc1Cc1cc2ccn(Cc3c(F)c(OC)cc(OC)c3F)c2cn1. The van der Waals surface area contributed by atoms with Crippen LogP contribution in [0.15, 0.2) is 61.4 Å². The average Bonchev–Trinajstić information content (AvgIpc) is 3.42. The van der Waals surface area contributed by atoms with Crippen molar-refractivity contribution in [3.8, 4) is 11.5 Å². The maximum absolute atomic E-state index is 15.0. The molecule has 0 atom stereocenters. The molecule has 1 aliphatic rings. The van der Waals surface area contributed by atoms with Crippen LogP contribution >= 0.6 is 0 Å². The van der Waals surface area contributed by atoms with Gasteiger partial charge in [-0.2, -0.15) is 0 Å². The van der Waals surface area contributed by atoms with Gasteiger partial charge in [-0.3, -0.25) is 9.78 Å². The summed E-state index contributed by atoms with van der Waals surface area (Å²) in [5.41, 5.74) is 4.04. The summed E-state index contributed by atoms with van der Waals surface area (Å²) in [5, 5.41) is 3.83. The Hall–Kier alpha value is -4.44. The zero-order valence-corrected chi connectivity index (χ0v) is 24.1. The molecule has 1 amide bonds. The molecule has 1 N–H and O–H groups in total. The van der Waals surface area contributed by atoms with Gasteiger partial charge in [-0.15, -0.1) is 0 Å². The molecule has 0 unspecified atom stereocenters. The van der Waals surface area contributed by atoms with E-state index in [1.807, 2.05) is 24.3 Å². The molecule has 0 bridgehead atoms. The predicted octanol–water partition coefficient (Wildman–Crippen LogP) is 5.24. The van der Waals surface area contributed by atoms with Gasteiger partial charge in [0.15, 0.2) is 23.1 Å². The van der Waals surface area contributed by atoms with E-state index in [9.17, 15) is 13.6 Å². The van der Waals surface area contributed by atoms with Gasteiger partial charge in [0.25, 0.3) is 0 Å². The minimum Gasteiger partial charge on any atom is -0.494 e. The number of carbonyl (C=O) groups is 1. The Labute approximate surface area is 244 Å². The molecule has 4 aromatic rings. The van der Waals surface area contributed by atoms with Gasteiger partial charge in [-0.25, -0.2) is 8.78 Å². The van der Waals surface area contributed by atoms with E-state index in [-0.39, 0.29) is 29.5 Å². The number of pyridine rings is 1. The number of halogens is 2. The minimum absolute atomic E-state index is 0.0680. The first-order valence-corrected chi connectivity index (χ1v) is 13.9. The van der Waals surface area contributed by atoms with E-state index in [4.69, 9.17) is 9.47 Å². The van der Waals surface area contributed by atoms with Gasteiger partial charge >= 0.3 is 0 Å². The molecule has 3 heterocycles. The fourth-order valence-corrected chi connectivity index (χ4v) is 5.35. The van der Waals surface area contributed by atoms with Crippen molar-refractivity contribution in [3.63, 3.8) is 0 Å². The van der Waals surface area contributed by atoms with Crippen LogP contribution in [-0.2, 0) is 17.8 Å². The van der Waals surface area contributed by atoms with E-state index >= 15 is 0 Å². The van der Waals surface area contributed by atoms with Gasteiger partial charge in [0.2, 0.25) is 5.91 Å². The number of benzene rings is 2. The molecule has 2 aromatic carbocycles. The fourth-order valence-electron chi connectivity index (χ4n) is 5.35. The lowest BCUT2D eigenvalue weighted by Gasteiger charge is -2.35. The Morgan fingerprint density at radius 1 is 1.05 bits per heavy atom. The number of nitrogens with one attached hydrogen (secondary N) is 1. The maximum Gasteiger partial charge on any atom is 0.247 e. The average molecular weight is 576 g/mol. The van der Waals surface area contributed by atoms with Gasteiger partial charge in [-0.1, -0.05) is 19.6 Å². The van der Waals surface area contributed by atoms with Crippen LogP contribution < -0.4 is 19.7 Å². The number of aromatic nitrogens is 2. The molecule has 220 valence electrons. The number of ether oxygens (including phenoxy) is 2. The topological polar surface area (TPSA) is 71.9 Å².